The molecule has 0 bridgehead atoms. The number of aryl methyl sites for hydroxylation is 2. The number of hydrogen-bond acceptors (Lipinski definition) is 3. The average Bonchev–Trinajstić information content (AvgIpc) is 2.49. The molecular formula is C18H20O3S. The zero-order valence-electron chi connectivity index (χ0n) is 12.8. The van der Waals surface area contributed by atoms with Crippen molar-refractivity contribution in [3.8, 4) is 5.75 Å². The predicted octanol–water partition coefficient (Wildman–Crippen LogP) is 3.71. The fourth-order valence-electron chi connectivity index (χ4n) is 1.88. The molecule has 116 valence electrons. The van der Waals surface area contributed by atoms with E-state index in [0.29, 0.717) is 11.5 Å². The molecule has 2 aromatic carbocycles. The summed E-state index contributed by atoms with van der Waals surface area (Å²) in [6, 6.07) is 14.6. The molecule has 0 N–H and O–H groups in total. The molecule has 0 heterocycles. The molecule has 22 heavy (non-hydrogen) atoms. The Balaban J connectivity index is 1.86. The molecule has 4 heteroatoms. The van der Waals surface area contributed by atoms with Crippen LogP contribution in [-0.4, -0.2) is 20.8 Å². The van der Waals surface area contributed by atoms with Crippen LogP contribution in [0.2, 0.25) is 0 Å². The summed E-state index contributed by atoms with van der Waals surface area (Å²) in [4.78, 5) is 0.349. The van der Waals surface area contributed by atoms with E-state index in [1.165, 1.54) is 5.56 Å². The lowest BCUT2D eigenvalue weighted by molar-refractivity contribution is 0.362. The first-order chi connectivity index (χ1) is 10.5. The van der Waals surface area contributed by atoms with Crippen LogP contribution in [-0.2, 0) is 9.84 Å². The number of hydrogen-bond donors (Lipinski definition) is 0. The van der Waals surface area contributed by atoms with Crippen LogP contribution in [0.4, 0.5) is 0 Å². The zero-order valence-corrected chi connectivity index (χ0v) is 13.6. The van der Waals surface area contributed by atoms with Gasteiger partial charge in [-0.2, -0.15) is 0 Å². The van der Waals surface area contributed by atoms with E-state index >= 15 is 0 Å². The first-order valence-corrected chi connectivity index (χ1v) is 8.76. The molecule has 2 rings (SSSR count). The minimum Gasteiger partial charge on any atom is -0.490 e. The van der Waals surface area contributed by atoms with Gasteiger partial charge in [0.05, 0.1) is 10.6 Å². The highest BCUT2D eigenvalue weighted by Gasteiger charge is 2.11. The van der Waals surface area contributed by atoms with Crippen LogP contribution >= 0.6 is 0 Å². The molecule has 2 aromatic rings. The number of benzene rings is 2. The molecule has 0 radical (unpaired) electrons. The van der Waals surface area contributed by atoms with Gasteiger partial charge in [-0.3, -0.25) is 0 Å². The summed E-state index contributed by atoms with van der Waals surface area (Å²) >= 11 is 0. The minimum absolute atomic E-state index is 0.0205. The smallest absolute Gasteiger partial charge is 0.181 e. The van der Waals surface area contributed by atoms with Crippen molar-refractivity contribution in [2.45, 2.75) is 18.7 Å². The Labute approximate surface area is 132 Å². The highest BCUT2D eigenvalue weighted by Crippen LogP contribution is 2.13. The van der Waals surface area contributed by atoms with E-state index in [1.54, 1.807) is 36.4 Å². The maximum atomic E-state index is 12.1. The van der Waals surface area contributed by atoms with Crippen LogP contribution < -0.4 is 4.74 Å². The Morgan fingerprint density at radius 3 is 2.00 bits per heavy atom. The number of sulfone groups is 1. The highest BCUT2D eigenvalue weighted by molar-refractivity contribution is 7.91. The van der Waals surface area contributed by atoms with Crippen molar-refractivity contribution < 1.29 is 13.2 Å². The lowest BCUT2D eigenvalue weighted by Gasteiger charge is -2.04. The molecule has 0 aliphatic rings. The first kappa shape index (κ1) is 16.3. The summed E-state index contributed by atoms with van der Waals surface area (Å²) in [6.07, 6.45) is 3.36. The summed E-state index contributed by atoms with van der Waals surface area (Å²) in [6.45, 7) is 4.30. The molecule has 0 aliphatic heterocycles. The van der Waals surface area contributed by atoms with Crippen molar-refractivity contribution in [3.63, 3.8) is 0 Å². The van der Waals surface area contributed by atoms with E-state index < -0.39 is 9.84 Å². The minimum atomic E-state index is -3.27. The molecule has 0 amide bonds. The largest absolute Gasteiger partial charge is 0.490 e. The lowest BCUT2D eigenvalue weighted by Crippen LogP contribution is -2.05. The van der Waals surface area contributed by atoms with Crippen LogP contribution in [0.3, 0.4) is 0 Å². The van der Waals surface area contributed by atoms with Crippen LogP contribution in [0.5, 0.6) is 5.75 Å². The Morgan fingerprint density at radius 2 is 1.41 bits per heavy atom. The second-order valence-electron chi connectivity index (χ2n) is 5.19. The molecule has 0 fully saturated rings. The third kappa shape index (κ3) is 4.74. The number of rotatable bonds is 6. The second kappa shape index (κ2) is 7.27. The highest BCUT2D eigenvalue weighted by atomic mass is 32.2. The maximum Gasteiger partial charge on any atom is 0.181 e. The van der Waals surface area contributed by atoms with E-state index in [0.717, 1.165) is 11.3 Å². The van der Waals surface area contributed by atoms with E-state index in [2.05, 4.69) is 0 Å². The van der Waals surface area contributed by atoms with Crippen LogP contribution in [0.15, 0.2) is 65.6 Å². The monoisotopic (exact) mass is 316 g/mol. The molecule has 0 aromatic heterocycles. The van der Waals surface area contributed by atoms with E-state index in [9.17, 15) is 8.42 Å². The van der Waals surface area contributed by atoms with E-state index in [1.807, 2.05) is 38.1 Å². The van der Waals surface area contributed by atoms with Gasteiger partial charge in [-0.25, -0.2) is 8.42 Å². The van der Waals surface area contributed by atoms with Gasteiger partial charge in [0.25, 0.3) is 0 Å². The van der Waals surface area contributed by atoms with Gasteiger partial charge in [0.2, 0.25) is 0 Å². The lowest BCUT2D eigenvalue weighted by atomic mass is 10.2. The molecule has 0 aliphatic carbocycles. The van der Waals surface area contributed by atoms with Gasteiger partial charge in [0.1, 0.15) is 12.4 Å². The molecular weight excluding hydrogens is 296 g/mol. The van der Waals surface area contributed by atoms with Crippen molar-refractivity contribution in [3.05, 3.63) is 71.8 Å². The van der Waals surface area contributed by atoms with Crippen LogP contribution in [0, 0.1) is 13.8 Å². The van der Waals surface area contributed by atoms with Gasteiger partial charge in [-0.1, -0.05) is 47.5 Å². The SMILES string of the molecule is Cc1ccc(OC/C=C\CS(=O)(=O)c2ccc(C)cc2)cc1. The second-order valence-corrected chi connectivity index (χ2v) is 7.22. The van der Waals surface area contributed by atoms with Crippen molar-refractivity contribution in [2.24, 2.45) is 0 Å². The van der Waals surface area contributed by atoms with Gasteiger partial charge in [-0.15, -0.1) is 0 Å². The molecule has 0 saturated carbocycles. The summed E-state index contributed by atoms with van der Waals surface area (Å²) in [7, 11) is -3.27. The topological polar surface area (TPSA) is 43.4 Å². The van der Waals surface area contributed by atoms with Crippen molar-refractivity contribution in [1.29, 1.82) is 0 Å². The Kier molecular flexibility index (Phi) is 5.39. The summed E-state index contributed by atoms with van der Waals surface area (Å²) in [5.41, 5.74) is 2.22. The Hall–Kier alpha value is -2.07. The average molecular weight is 316 g/mol. The summed E-state index contributed by atoms with van der Waals surface area (Å²) in [5.74, 6) is 0.754. The third-order valence-corrected chi connectivity index (χ3v) is 4.85. The third-order valence-electron chi connectivity index (χ3n) is 3.23. The molecule has 0 saturated heterocycles. The molecule has 0 unspecified atom stereocenters. The summed E-state index contributed by atoms with van der Waals surface area (Å²) < 4.78 is 29.8. The van der Waals surface area contributed by atoms with Crippen molar-refractivity contribution in [2.75, 3.05) is 12.4 Å². The van der Waals surface area contributed by atoms with Crippen LogP contribution in [0.1, 0.15) is 11.1 Å². The van der Waals surface area contributed by atoms with Gasteiger partial charge in [-0.05, 0) is 38.1 Å². The quantitative estimate of drug-likeness (QED) is 0.763. The summed E-state index contributed by atoms with van der Waals surface area (Å²) in [5, 5.41) is 0. The van der Waals surface area contributed by atoms with Crippen molar-refractivity contribution in [1.82, 2.24) is 0 Å². The predicted molar refractivity (Wildman–Crippen MR) is 89.0 cm³/mol. The number of ether oxygens (including phenoxy) is 1. The van der Waals surface area contributed by atoms with E-state index in [4.69, 9.17) is 4.74 Å². The van der Waals surface area contributed by atoms with Gasteiger partial charge in [0, 0.05) is 0 Å². The zero-order chi connectivity index (χ0) is 16.0. The van der Waals surface area contributed by atoms with Gasteiger partial charge in [0.15, 0.2) is 9.84 Å². The first-order valence-electron chi connectivity index (χ1n) is 7.11. The van der Waals surface area contributed by atoms with E-state index in [-0.39, 0.29) is 5.75 Å². The maximum absolute atomic E-state index is 12.1. The van der Waals surface area contributed by atoms with Crippen LogP contribution in [0.25, 0.3) is 0 Å². The standard InChI is InChI=1S/C18H20O3S/c1-15-5-9-17(10-6-15)21-13-3-4-14-22(19,20)18-11-7-16(2)8-12-18/h3-12H,13-14H2,1-2H3/b4-3-. The van der Waals surface area contributed by atoms with Gasteiger partial charge < -0.3 is 4.74 Å². The Bertz CT molecular complexity index is 727. The van der Waals surface area contributed by atoms with Gasteiger partial charge >= 0.3 is 0 Å². The fourth-order valence-corrected chi connectivity index (χ4v) is 3.02. The normalized spacial score (nSPS) is 11.7. The molecule has 0 spiro atoms. The fraction of sp³-hybridized carbons (Fsp3) is 0.222. The molecule has 0 atom stereocenters. The Morgan fingerprint density at radius 1 is 0.864 bits per heavy atom. The van der Waals surface area contributed by atoms with Crippen molar-refractivity contribution >= 4 is 9.84 Å². The molecule has 3 nitrogen and oxygen atoms in total.